The number of carbonyl (C=O) groups excluding carboxylic acids is 1. The van der Waals surface area contributed by atoms with Crippen LogP contribution in [0.15, 0.2) is 29.6 Å². The van der Waals surface area contributed by atoms with Crippen molar-refractivity contribution in [3.8, 4) is 11.5 Å². The van der Waals surface area contributed by atoms with Crippen molar-refractivity contribution >= 4 is 22.4 Å². The molecule has 3 rings (SSSR count). The lowest BCUT2D eigenvalue weighted by molar-refractivity contribution is -0.125. The summed E-state index contributed by atoms with van der Waals surface area (Å²) in [5, 5.41) is 5.34. The molecule has 0 bridgehead atoms. The zero-order valence-electron chi connectivity index (χ0n) is 12.8. The van der Waals surface area contributed by atoms with Crippen molar-refractivity contribution in [1.29, 1.82) is 0 Å². The summed E-state index contributed by atoms with van der Waals surface area (Å²) in [6.07, 6.45) is -0.670. The molecular formula is C16H18N2O3S. The van der Waals surface area contributed by atoms with Crippen LogP contribution in [0.3, 0.4) is 0 Å². The van der Waals surface area contributed by atoms with Gasteiger partial charge in [-0.1, -0.05) is 32.9 Å². The second kappa shape index (κ2) is 5.61. The number of aromatic nitrogens is 1. The van der Waals surface area contributed by atoms with Crippen molar-refractivity contribution in [3.63, 3.8) is 0 Å². The number of rotatable bonds is 2. The number of nitrogens with zero attached hydrogens (tertiary/aromatic N) is 1. The molecule has 0 aliphatic carbocycles. The summed E-state index contributed by atoms with van der Waals surface area (Å²) in [6, 6.07) is 7.32. The van der Waals surface area contributed by atoms with Gasteiger partial charge in [-0.3, -0.25) is 10.1 Å². The Balaban J connectivity index is 1.67. The molecule has 2 heterocycles. The molecule has 5 nitrogen and oxygen atoms in total. The molecule has 0 saturated heterocycles. The highest BCUT2D eigenvalue weighted by atomic mass is 32.1. The Hall–Kier alpha value is -2.08. The van der Waals surface area contributed by atoms with Crippen LogP contribution in [-0.2, 0) is 10.2 Å². The molecule has 0 spiro atoms. The number of amides is 1. The third-order valence-electron chi connectivity index (χ3n) is 3.30. The summed E-state index contributed by atoms with van der Waals surface area (Å²) in [6.45, 7) is 6.45. The average molecular weight is 318 g/mol. The van der Waals surface area contributed by atoms with Gasteiger partial charge in [0.2, 0.25) is 6.10 Å². The minimum absolute atomic E-state index is 0.0388. The van der Waals surface area contributed by atoms with Gasteiger partial charge in [-0.2, -0.15) is 0 Å². The van der Waals surface area contributed by atoms with E-state index in [0.29, 0.717) is 16.6 Å². The molecule has 1 aromatic heterocycles. The number of hydrogen-bond donors (Lipinski definition) is 1. The quantitative estimate of drug-likeness (QED) is 0.923. The first-order valence-corrected chi connectivity index (χ1v) is 7.97. The molecule has 2 aromatic rings. The molecule has 0 fully saturated rings. The highest BCUT2D eigenvalue weighted by Gasteiger charge is 2.28. The molecule has 1 aliphatic rings. The highest BCUT2D eigenvalue weighted by molar-refractivity contribution is 7.14. The Morgan fingerprint density at radius 2 is 2.05 bits per heavy atom. The van der Waals surface area contributed by atoms with Crippen LogP contribution in [0.25, 0.3) is 0 Å². The minimum atomic E-state index is -0.670. The van der Waals surface area contributed by atoms with Gasteiger partial charge in [-0.05, 0) is 12.1 Å². The zero-order valence-corrected chi connectivity index (χ0v) is 13.6. The Kier molecular flexibility index (Phi) is 3.78. The fourth-order valence-corrected chi connectivity index (χ4v) is 2.95. The van der Waals surface area contributed by atoms with Crippen LogP contribution in [0.5, 0.6) is 11.5 Å². The van der Waals surface area contributed by atoms with E-state index in [1.165, 1.54) is 11.3 Å². The van der Waals surface area contributed by atoms with Crippen LogP contribution in [0, 0.1) is 0 Å². The molecule has 0 saturated carbocycles. The summed E-state index contributed by atoms with van der Waals surface area (Å²) >= 11 is 1.41. The van der Waals surface area contributed by atoms with Gasteiger partial charge in [-0.15, -0.1) is 11.3 Å². The van der Waals surface area contributed by atoms with E-state index in [9.17, 15) is 4.79 Å². The number of hydrogen-bond acceptors (Lipinski definition) is 5. The topological polar surface area (TPSA) is 60.5 Å². The van der Waals surface area contributed by atoms with Gasteiger partial charge in [0, 0.05) is 10.8 Å². The average Bonchev–Trinajstić information content (AvgIpc) is 2.95. The molecule has 0 radical (unpaired) electrons. The third kappa shape index (κ3) is 3.06. The summed E-state index contributed by atoms with van der Waals surface area (Å²) in [4.78, 5) is 16.7. The lowest BCUT2D eigenvalue weighted by atomic mass is 9.93. The highest BCUT2D eigenvalue weighted by Crippen LogP contribution is 2.31. The molecule has 116 valence electrons. The number of carbonyl (C=O) groups is 1. The maximum atomic E-state index is 12.3. The van der Waals surface area contributed by atoms with Crippen molar-refractivity contribution < 1.29 is 14.3 Å². The lowest BCUT2D eigenvalue weighted by Gasteiger charge is -2.25. The van der Waals surface area contributed by atoms with Gasteiger partial charge in [0.05, 0.1) is 5.69 Å². The van der Waals surface area contributed by atoms with Crippen molar-refractivity contribution in [2.24, 2.45) is 0 Å². The molecule has 22 heavy (non-hydrogen) atoms. The monoisotopic (exact) mass is 318 g/mol. The van der Waals surface area contributed by atoms with Gasteiger partial charge in [0.25, 0.3) is 5.91 Å². The maximum Gasteiger partial charge on any atom is 0.270 e. The SMILES string of the molecule is CC(C)(C)c1csc(NC(=O)[C@@H]2COc3ccccc3O2)n1. The van der Waals surface area contributed by atoms with Crippen molar-refractivity contribution in [2.45, 2.75) is 32.3 Å². The standard InChI is InChI=1S/C16H18N2O3S/c1-16(2,3)13-9-22-15(17-13)18-14(19)12-8-20-10-6-4-5-7-11(10)21-12/h4-7,9,12H,8H2,1-3H3,(H,17,18,19)/t12-/m0/s1. The summed E-state index contributed by atoms with van der Waals surface area (Å²) in [7, 11) is 0. The second-order valence-corrected chi connectivity index (χ2v) is 7.00. The zero-order chi connectivity index (χ0) is 15.7. The summed E-state index contributed by atoms with van der Waals surface area (Å²) < 4.78 is 11.2. The van der Waals surface area contributed by atoms with Crippen LogP contribution < -0.4 is 14.8 Å². The number of thiazole rings is 1. The van der Waals surface area contributed by atoms with Gasteiger partial charge in [0.1, 0.15) is 6.61 Å². The smallest absolute Gasteiger partial charge is 0.270 e. The minimum Gasteiger partial charge on any atom is -0.485 e. The normalized spacial score (nSPS) is 17.1. The van der Waals surface area contributed by atoms with Gasteiger partial charge in [0.15, 0.2) is 16.6 Å². The molecule has 0 unspecified atom stereocenters. The van der Waals surface area contributed by atoms with Crippen LogP contribution in [0.2, 0.25) is 0 Å². The lowest BCUT2D eigenvalue weighted by Crippen LogP contribution is -2.40. The van der Waals surface area contributed by atoms with Crippen molar-refractivity contribution in [2.75, 3.05) is 11.9 Å². The van der Waals surface area contributed by atoms with Crippen molar-refractivity contribution in [1.82, 2.24) is 4.98 Å². The number of para-hydroxylation sites is 2. The molecular weight excluding hydrogens is 300 g/mol. The number of ether oxygens (including phenoxy) is 2. The van der Waals surface area contributed by atoms with Crippen LogP contribution in [0.4, 0.5) is 5.13 Å². The number of fused-ring (bicyclic) bond motifs is 1. The molecule has 1 atom stereocenters. The summed E-state index contributed by atoms with van der Waals surface area (Å²) in [5.74, 6) is 1.00. The van der Waals surface area contributed by atoms with Crippen molar-refractivity contribution in [3.05, 3.63) is 35.3 Å². The maximum absolute atomic E-state index is 12.3. The van der Waals surface area contributed by atoms with E-state index in [-0.39, 0.29) is 17.9 Å². The molecule has 1 N–H and O–H groups in total. The predicted molar refractivity (Wildman–Crippen MR) is 85.8 cm³/mol. The van der Waals surface area contributed by atoms with Gasteiger partial charge >= 0.3 is 0 Å². The number of anilines is 1. The largest absolute Gasteiger partial charge is 0.485 e. The van der Waals surface area contributed by atoms with Gasteiger partial charge < -0.3 is 9.47 Å². The predicted octanol–water partition coefficient (Wildman–Crippen LogP) is 3.22. The van der Waals surface area contributed by atoms with Crippen LogP contribution in [0.1, 0.15) is 26.5 Å². The van der Waals surface area contributed by atoms with Crippen LogP contribution >= 0.6 is 11.3 Å². The van der Waals surface area contributed by atoms with E-state index in [0.717, 1.165) is 5.69 Å². The fourth-order valence-electron chi connectivity index (χ4n) is 2.01. The Labute approximate surface area is 133 Å². The van der Waals surface area contributed by atoms with E-state index in [4.69, 9.17) is 9.47 Å². The van der Waals surface area contributed by atoms with E-state index in [1.54, 1.807) is 6.07 Å². The summed E-state index contributed by atoms with van der Waals surface area (Å²) in [5.41, 5.74) is 0.919. The fraction of sp³-hybridized carbons (Fsp3) is 0.375. The van der Waals surface area contributed by atoms with E-state index in [1.807, 2.05) is 23.6 Å². The van der Waals surface area contributed by atoms with Gasteiger partial charge in [-0.25, -0.2) is 4.98 Å². The number of nitrogens with one attached hydrogen (secondary N) is 1. The Bertz CT molecular complexity index is 691. The molecule has 1 aliphatic heterocycles. The second-order valence-electron chi connectivity index (χ2n) is 6.14. The van der Waals surface area contributed by atoms with E-state index >= 15 is 0 Å². The third-order valence-corrected chi connectivity index (χ3v) is 4.06. The Morgan fingerprint density at radius 3 is 2.73 bits per heavy atom. The Morgan fingerprint density at radius 1 is 1.32 bits per heavy atom. The van der Waals surface area contributed by atoms with E-state index < -0.39 is 6.10 Å². The first kappa shape index (κ1) is 14.8. The first-order valence-electron chi connectivity index (χ1n) is 7.09. The first-order chi connectivity index (χ1) is 10.4. The number of benzene rings is 1. The van der Waals surface area contributed by atoms with E-state index in [2.05, 4.69) is 31.1 Å². The molecule has 6 heteroatoms. The molecule has 1 amide bonds. The molecule has 1 aromatic carbocycles. The van der Waals surface area contributed by atoms with Crippen LogP contribution in [-0.4, -0.2) is 23.6 Å².